The Bertz CT molecular complexity index is 557. The Morgan fingerprint density at radius 3 is 2.85 bits per heavy atom. The predicted octanol–water partition coefficient (Wildman–Crippen LogP) is 2.97. The van der Waals surface area contributed by atoms with Crippen LogP contribution in [0.5, 0.6) is 0 Å². The van der Waals surface area contributed by atoms with E-state index in [0.717, 1.165) is 30.0 Å². The molecule has 0 fully saturated rings. The smallest absolute Gasteiger partial charge is 0.133 e. The lowest BCUT2D eigenvalue weighted by Crippen LogP contribution is -2.21. The van der Waals surface area contributed by atoms with E-state index in [1.54, 1.807) is 18.3 Å². The molecule has 0 saturated heterocycles. The molecule has 0 aliphatic heterocycles. The SMILES string of the molecule is CCNCc1cccnc1N(C)Cc1cccc(F)c1. The van der Waals surface area contributed by atoms with Gasteiger partial charge in [0.15, 0.2) is 0 Å². The van der Waals surface area contributed by atoms with Crippen LogP contribution in [0.4, 0.5) is 10.2 Å². The molecule has 0 bridgehead atoms. The third-order valence-electron chi connectivity index (χ3n) is 3.10. The Morgan fingerprint density at radius 2 is 2.10 bits per heavy atom. The molecule has 1 aromatic carbocycles. The molecule has 0 aliphatic rings. The third kappa shape index (κ3) is 3.78. The van der Waals surface area contributed by atoms with E-state index in [4.69, 9.17) is 0 Å². The summed E-state index contributed by atoms with van der Waals surface area (Å²) in [7, 11) is 1.97. The molecule has 0 unspecified atom stereocenters. The first-order chi connectivity index (χ1) is 9.70. The van der Waals surface area contributed by atoms with Gasteiger partial charge in [-0.25, -0.2) is 9.37 Å². The second-order valence-corrected chi connectivity index (χ2v) is 4.75. The summed E-state index contributed by atoms with van der Waals surface area (Å²) in [6.45, 7) is 4.41. The van der Waals surface area contributed by atoms with Gasteiger partial charge in [-0.2, -0.15) is 0 Å². The van der Waals surface area contributed by atoms with Crippen LogP contribution in [0.15, 0.2) is 42.6 Å². The normalized spacial score (nSPS) is 10.6. The third-order valence-corrected chi connectivity index (χ3v) is 3.10. The summed E-state index contributed by atoms with van der Waals surface area (Å²) in [5.74, 6) is 0.725. The summed E-state index contributed by atoms with van der Waals surface area (Å²) >= 11 is 0. The quantitative estimate of drug-likeness (QED) is 0.877. The monoisotopic (exact) mass is 273 g/mol. The van der Waals surface area contributed by atoms with Gasteiger partial charge in [-0.05, 0) is 30.3 Å². The van der Waals surface area contributed by atoms with Crippen LogP contribution in [0.2, 0.25) is 0 Å². The van der Waals surface area contributed by atoms with Crippen molar-refractivity contribution in [1.29, 1.82) is 0 Å². The average molecular weight is 273 g/mol. The Labute approximate surface area is 119 Å². The summed E-state index contributed by atoms with van der Waals surface area (Å²) in [5.41, 5.74) is 2.08. The van der Waals surface area contributed by atoms with Crippen LogP contribution in [0.3, 0.4) is 0 Å². The largest absolute Gasteiger partial charge is 0.355 e. The molecule has 0 radical (unpaired) electrons. The fraction of sp³-hybridized carbons (Fsp3) is 0.312. The van der Waals surface area contributed by atoms with Crippen LogP contribution in [-0.2, 0) is 13.1 Å². The molecule has 0 spiro atoms. The van der Waals surface area contributed by atoms with Crippen molar-refractivity contribution >= 4 is 5.82 Å². The fourth-order valence-electron chi connectivity index (χ4n) is 2.16. The van der Waals surface area contributed by atoms with E-state index >= 15 is 0 Å². The van der Waals surface area contributed by atoms with Gasteiger partial charge in [0.25, 0.3) is 0 Å². The van der Waals surface area contributed by atoms with Crippen LogP contribution >= 0.6 is 0 Å². The maximum Gasteiger partial charge on any atom is 0.133 e. The van der Waals surface area contributed by atoms with E-state index in [-0.39, 0.29) is 5.82 Å². The highest BCUT2D eigenvalue weighted by Gasteiger charge is 2.09. The summed E-state index contributed by atoms with van der Waals surface area (Å²) in [6, 6.07) is 10.7. The van der Waals surface area contributed by atoms with E-state index in [0.29, 0.717) is 6.54 Å². The Kier molecular flexibility index (Phi) is 5.07. The maximum absolute atomic E-state index is 13.2. The molecular formula is C16H20FN3. The average Bonchev–Trinajstić information content (AvgIpc) is 2.45. The summed E-state index contributed by atoms with van der Waals surface area (Å²) in [6.07, 6.45) is 1.78. The second kappa shape index (κ2) is 7.01. The minimum Gasteiger partial charge on any atom is -0.355 e. The first-order valence-corrected chi connectivity index (χ1v) is 6.81. The number of benzene rings is 1. The molecule has 3 nitrogen and oxygen atoms in total. The van der Waals surface area contributed by atoms with Crippen molar-refractivity contribution in [2.75, 3.05) is 18.5 Å². The number of aromatic nitrogens is 1. The molecule has 1 aromatic heterocycles. The molecule has 1 N–H and O–H groups in total. The lowest BCUT2D eigenvalue weighted by atomic mass is 10.2. The first-order valence-electron chi connectivity index (χ1n) is 6.81. The van der Waals surface area contributed by atoms with E-state index in [1.807, 2.05) is 24.1 Å². The molecule has 2 aromatic rings. The topological polar surface area (TPSA) is 28.2 Å². The van der Waals surface area contributed by atoms with Crippen LogP contribution in [-0.4, -0.2) is 18.6 Å². The summed E-state index contributed by atoms with van der Waals surface area (Å²) < 4.78 is 13.2. The molecular weight excluding hydrogens is 253 g/mol. The van der Waals surface area contributed by atoms with Gasteiger partial charge in [0, 0.05) is 31.9 Å². The van der Waals surface area contributed by atoms with Crippen LogP contribution in [0.1, 0.15) is 18.1 Å². The lowest BCUT2D eigenvalue weighted by Gasteiger charge is -2.21. The maximum atomic E-state index is 13.2. The van der Waals surface area contributed by atoms with Crippen molar-refractivity contribution in [2.45, 2.75) is 20.0 Å². The number of nitrogens with zero attached hydrogens (tertiary/aromatic N) is 2. The van der Waals surface area contributed by atoms with Crippen LogP contribution < -0.4 is 10.2 Å². The number of nitrogens with one attached hydrogen (secondary N) is 1. The van der Waals surface area contributed by atoms with Crippen molar-refractivity contribution in [3.63, 3.8) is 0 Å². The van der Waals surface area contributed by atoms with Gasteiger partial charge in [0.05, 0.1) is 0 Å². The van der Waals surface area contributed by atoms with E-state index in [2.05, 4.69) is 23.3 Å². The first kappa shape index (κ1) is 14.5. The van der Waals surface area contributed by atoms with Gasteiger partial charge >= 0.3 is 0 Å². The molecule has 0 saturated carbocycles. The molecule has 2 rings (SSSR count). The zero-order valence-corrected chi connectivity index (χ0v) is 11.9. The minimum absolute atomic E-state index is 0.204. The van der Waals surface area contributed by atoms with Crippen LogP contribution in [0, 0.1) is 5.82 Å². The number of halogens is 1. The number of pyridine rings is 1. The highest BCUT2D eigenvalue weighted by atomic mass is 19.1. The standard InChI is InChI=1S/C16H20FN3/c1-3-18-11-14-7-5-9-19-16(14)20(2)12-13-6-4-8-15(17)10-13/h4-10,18H,3,11-12H2,1-2H3. The number of anilines is 1. The molecule has 0 aliphatic carbocycles. The Balaban J connectivity index is 2.14. The fourth-order valence-corrected chi connectivity index (χ4v) is 2.16. The molecule has 0 amide bonds. The molecule has 1 heterocycles. The van der Waals surface area contributed by atoms with Crippen molar-refractivity contribution < 1.29 is 4.39 Å². The molecule has 106 valence electrons. The van der Waals surface area contributed by atoms with Gasteiger partial charge in [-0.3, -0.25) is 0 Å². The minimum atomic E-state index is -0.204. The van der Waals surface area contributed by atoms with Crippen molar-refractivity contribution in [3.05, 3.63) is 59.5 Å². The second-order valence-electron chi connectivity index (χ2n) is 4.75. The highest BCUT2D eigenvalue weighted by molar-refractivity contribution is 5.46. The highest BCUT2D eigenvalue weighted by Crippen LogP contribution is 2.18. The summed E-state index contributed by atoms with van der Waals surface area (Å²) in [4.78, 5) is 6.49. The zero-order chi connectivity index (χ0) is 14.4. The number of hydrogen-bond acceptors (Lipinski definition) is 3. The molecule has 4 heteroatoms. The number of hydrogen-bond donors (Lipinski definition) is 1. The van der Waals surface area contributed by atoms with Gasteiger partial charge in [-0.15, -0.1) is 0 Å². The van der Waals surface area contributed by atoms with Crippen molar-refractivity contribution in [1.82, 2.24) is 10.3 Å². The summed E-state index contributed by atoms with van der Waals surface area (Å²) in [5, 5.41) is 3.31. The van der Waals surface area contributed by atoms with Gasteiger partial charge in [0.1, 0.15) is 11.6 Å². The van der Waals surface area contributed by atoms with Gasteiger partial charge < -0.3 is 10.2 Å². The zero-order valence-electron chi connectivity index (χ0n) is 11.9. The predicted molar refractivity (Wildman–Crippen MR) is 80.1 cm³/mol. The molecule has 0 atom stereocenters. The van der Waals surface area contributed by atoms with Gasteiger partial charge in [-0.1, -0.05) is 25.1 Å². The van der Waals surface area contributed by atoms with Crippen LogP contribution in [0.25, 0.3) is 0 Å². The van der Waals surface area contributed by atoms with E-state index in [1.165, 1.54) is 6.07 Å². The van der Waals surface area contributed by atoms with Crippen molar-refractivity contribution in [3.8, 4) is 0 Å². The van der Waals surface area contributed by atoms with Crippen molar-refractivity contribution in [2.24, 2.45) is 0 Å². The van der Waals surface area contributed by atoms with E-state index in [9.17, 15) is 4.39 Å². The van der Waals surface area contributed by atoms with Gasteiger partial charge in [0.2, 0.25) is 0 Å². The Hall–Kier alpha value is -1.94. The Morgan fingerprint density at radius 1 is 1.25 bits per heavy atom. The number of rotatable bonds is 6. The van der Waals surface area contributed by atoms with E-state index < -0.39 is 0 Å². The lowest BCUT2D eigenvalue weighted by molar-refractivity contribution is 0.625. The molecule has 20 heavy (non-hydrogen) atoms.